The fourth-order valence-corrected chi connectivity index (χ4v) is 3.33. The van der Waals surface area contributed by atoms with Gasteiger partial charge in [0, 0.05) is 30.2 Å². The number of anilines is 2. The van der Waals surface area contributed by atoms with E-state index in [0.29, 0.717) is 18.9 Å². The molecule has 0 spiro atoms. The first-order valence-electron chi connectivity index (χ1n) is 8.68. The highest BCUT2D eigenvalue weighted by atomic mass is 19.1. The lowest BCUT2D eigenvalue weighted by Crippen LogP contribution is -2.36. The summed E-state index contributed by atoms with van der Waals surface area (Å²) in [5.41, 5.74) is 3.23. The number of halogens is 1. The van der Waals surface area contributed by atoms with Gasteiger partial charge in [-0.05, 0) is 29.8 Å². The zero-order valence-corrected chi connectivity index (χ0v) is 14.3. The predicted octanol–water partition coefficient (Wildman–Crippen LogP) is 3.32. The normalized spacial score (nSPS) is 14.6. The molecule has 2 aromatic carbocycles. The van der Waals surface area contributed by atoms with Gasteiger partial charge in [-0.25, -0.2) is 4.39 Å². The number of morpholine rings is 1. The third-order valence-electron chi connectivity index (χ3n) is 4.61. The van der Waals surface area contributed by atoms with Gasteiger partial charge < -0.3 is 19.9 Å². The molecule has 0 unspecified atom stereocenters. The van der Waals surface area contributed by atoms with Crippen LogP contribution in [0.4, 0.5) is 15.8 Å². The molecular formula is C20H20FN3O2. The SMILES string of the molecule is O=C(Cc1c[nH]c2ccccc12)Nc1cc(F)ccc1N1CCOCC1. The number of fused-ring (bicyclic) bond motifs is 1. The van der Waals surface area contributed by atoms with Crippen molar-refractivity contribution in [3.8, 4) is 0 Å². The zero-order valence-electron chi connectivity index (χ0n) is 14.3. The van der Waals surface area contributed by atoms with Crippen molar-refractivity contribution in [2.24, 2.45) is 0 Å². The number of amides is 1. The average Bonchev–Trinajstić information content (AvgIpc) is 3.05. The summed E-state index contributed by atoms with van der Waals surface area (Å²) in [4.78, 5) is 17.8. The lowest BCUT2D eigenvalue weighted by Gasteiger charge is -2.30. The minimum Gasteiger partial charge on any atom is -0.378 e. The molecule has 0 radical (unpaired) electrons. The quantitative estimate of drug-likeness (QED) is 0.756. The third kappa shape index (κ3) is 3.41. The van der Waals surface area contributed by atoms with Gasteiger partial charge in [-0.1, -0.05) is 18.2 Å². The van der Waals surface area contributed by atoms with Gasteiger partial charge in [0.05, 0.1) is 31.0 Å². The predicted molar refractivity (Wildman–Crippen MR) is 100 cm³/mol. The Kier molecular flexibility index (Phi) is 4.58. The molecule has 6 heteroatoms. The molecule has 5 nitrogen and oxygen atoms in total. The second-order valence-electron chi connectivity index (χ2n) is 6.35. The number of ether oxygens (including phenoxy) is 1. The van der Waals surface area contributed by atoms with Crippen LogP contribution in [0.2, 0.25) is 0 Å². The van der Waals surface area contributed by atoms with Crippen LogP contribution < -0.4 is 10.2 Å². The van der Waals surface area contributed by atoms with Gasteiger partial charge in [-0.3, -0.25) is 4.79 Å². The second kappa shape index (κ2) is 7.17. The highest BCUT2D eigenvalue weighted by Gasteiger charge is 2.17. The van der Waals surface area contributed by atoms with Crippen molar-refractivity contribution >= 4 is 28.2 Å². The van der Waals surface area contributed by atoms with Crippen molar-refractivity contribution in [1.29, 1.82) is 0 Å². The number of hydrogen-bond acceptors (Lipinski definition) is 3. The van der Waals surface area contributed by atoms with Gasteiger partial charge in [-0.2, -0.15) is 0 Å². The van der Waals surface area contributed by atoms with Crippen molar-refractivity contribution in [3.05, 3.63) is 60.0 Å². The smallest absolute Gasteiger partial charge is 0.228 e. The van der Waals surface area contributed by atoms with Crippen LogP contribution >= 0.6 is 0 Å². The molecule has 134 valence electrons. The summed E-state index contributed by atoms with van der Waals surface area (Å²) in [5.74, 6) is -0.542. The molecule has 0 saturated carbocycles. The molecule has 1 saturated heterocycles. The number of carbonyl (C=O) groups excluding carboxylic acids is 1. The van der Waals surface area contributed by atoms with Gasteiger partial charge >= 0.3 is 0 Å². The summed E-state index contributed by atoms with van der Waals surface area (Å²) in [6, 6.07) is 12.3. The van der Waals surface area contributed by atoms with Crippen molar-refractivity contribution in [2.45, 2.75) is 6.42 Å². The maximum absolute atomic E-state index is 13.8. The standard InChI is InChI=1S/C20H20FN3O2/c21-15-5-6-19(24-7-9-26-10-8-24)18(12-15)23-20(25)11-14-13-22-17-4-2-1-3-16(14)17/h1-6,12-13,22H,7-11H2,(H,23,25). The van der Waals surface area contributed by atoms with Gasteiger partial charge in [0.2, 0.25) is 5.91 Å². The molecule has 1 aromatic heterocycles. The Labute approximate surface area is 150 Å². The summed E-state index contributed by atoms with van der Waals surface area (Å²) in [5, 5.41) is 3.90. The summed E-state index contributed by atoms with van der Waals surface area (Å²) in [7, 11) is 0. The fraction of sp³-hybridized carbons (Fsp3) is 0.250. The van der Waals surface area contributed by atoms with E-state index in [1.807, 2.05) is 30.5 Å². The van der Waals surface area contributed by atoms with Crippen LogP contribution in [0.15, 0.2) is 48.7 Å². The number of aromatic amines is 1. The van der Waals surface area contributed by atoms with Gasteiger partial charge in [0.15, 0.2) is 0 Å². The number of carbonyl (C=O) groups is 1. The van der Waals surface area contributed by atoms with E-state index in [1.165, 1.54) is 12.1 Å². The number of nitrogens with zero attached hydrogens (tertiary/aromatic N) is 1. The molecule has 2 N–H and O–H groups in total. The first-order chi connectivity index (χ1) is 12.7. The molecule has 1 amide bonds. The number of H-pyrrole nitrogens is 1. The molecule has 1 fully saturated rings. The summed E-state index contributed by atoms with van der Waals surface area (Å²) >= 11 is 0. The molecule has 3 aromatic rings. The molecule has 0 atom stereocenters. The first-order valence-corrected chi connectivity index (χ1v) is 8.68. The Morgan fingerprint density at radius 2 is 2.00 bits per heavy atom. The van der Waals surface area contributed by atoms with E-state index in [9.17, 15) is 9.18 Å². The average molecular weight is 353 g/mol. The van der Waals surface area contributed by atoms with Crippen LogP contribution in [0.25, 0.3) is 10.9 Å². The Balaban J connectivity index is 1.54. The van der Waals surface area contributed by atoms with Crippen molar-refractivity contribution < 1.29 is 13.9 Å². The van der Waals surface area contributed by atoms with E-state index in [4.69, 9.17) is 4.74 Å². The van der Waals surface area contributed by atoms with Crippen LogP contribution in [0, 0.1) is 5.82 Å². The molecule has 0 bridgehead atoms. The Morgan fingerprint density at radius 3 is 2.85 bits per heavy atom. The number of rotatable bonds is 4. The number of benzene rings is 2. The third-order valence-corrected chi connectivity index (χ3v) is 4.61. The minimum atomic E-state index is -0.371. The first kappa shape index (κ1) is 16.6. The van der Waals surface area contributed by atoms with Crippen LogP contribution in [-0.4, -0.2) is 37.2 Å². The Morgan fingerprint density at radius 1 is 1.19 bits per heavy atom. The van der Waals surface area contributed by atoms with Crippen LogP contribution in [-0.2, 0) is 16.0 Å². The molecule has 2 heterocycles. The highest BCUT2D eigenvalue weighted by Crippen LogP contribution is 2.28. The summed E-state index contributed by atoms with van der Waals surface area (Å²) < 4.78 is 19.1. The number of aromatic nitrogens is 1. The molecule has 1 aliphatic rings. The lowest BCUT2D eigenvalue weighted by molar-refractivity contribution is -0.115. The molecule has 4 rings (SSSR count). The van der Waals surface area contributed by atoms with E-state index in [-0.39, 0.29) is 18.1 Å². The monoisotopic (exact) mass is 353 g/mol. The van der Waals surface area contributed by atoms with Crippen molar-refractivity contribution in [2.75, 3.05) is 36.5 Å². The second-order valence-corrected chi connectivity index (χ2v) is 6.35. The number of nitrogens with one attached hydrogen (secondary N) is 2. The van der Waals surface area contributed by atoms with E-state index >= 15 is 0 Å². The Bertz CT molecular complexity index is 932. The minimum absolute atomic E-state index is 0.171. The van der Waals surface area contributed by atoms with Crippen LogP contribution in [0.1, 0.15) is 5.56 Å². The topological polar surface area (TPSA) is 57.4 Å². The lowest BCUT2D eigenvalue weighted by atomic mass is 10.1. The highest BCUT2D eigenvalue weighted by molar-refractivity contribution is 5.98. The maximum atomic E-state index is 13.8. The fourth-order valence-electron chi connectivity index (χ4n) is 3.33. The van der Waals surface area contributed by atoms with E-state index in [0.717, 1.165) is 35.2 Å². The molecule has 1 aliphatic heterocycles. The molecule has 26 heavy (non-hydrogen) atoms. The molecule has 0 aliphatic carbocycles. The zero-order chi connectivity index (χ0) is 17.9. The number of hydrogen-bond donors (Lipinski definition) is 2. The maximum Gasteiger partial charge on any atom is 0.228 e. The van der Waals surface area contributed by atoms with Gasteiger partial charge in [-0.15, -0.1) is 0 Å². The van der Waals surface area contributed by atoms with Crippen molar-refractivity contribution in [1.82, 2.24) is 4.98 Å². The van der Waals surface area contributed by atoms with Gasteiger partial charge in [0.1, 0.15) is 5.82 Å². The van der Waals surface area contributed by atoms with E-state index in [1.54, 1.807) is 6.07 Å². The molecular weight excluding hydrogens is 333 g/mol. The van der Waals surface area contributed by atoms with Crippen molar-refractivity contribution in [3.63, 3.8) is 0 Å². The Hall–Kier alpha value is -2.86. The largest absolute Gasteiger partial charge is 0.378 e. The summed E-state index contributed by atoms with van der Waals surface area (Å²) in [6.07, 6.45) is 2.07. The summed E-state index contributed by atoms with van der Waals surface area (Å²) in [6.45, 7) is 2.69. The van der Waals surface area contributed by atoms with Gasteiger partial charge in [0.25, 0.3) is 0 Å². The van der Waals surface area contributed by atoms with E-state index < -0.39 is 0 Å². The van der Waals surface area contributed by atoms with Crippen LogP contribution in [0.3, 0.4) is 0 Å². The van der Waals surface area contributed by atoms with Crippen LogP contribution in [0.5, 0.6) is 0 Å². The number of para-hydroxylation sites is 1. The van der Waals surface area contributed by atoms with E-state index in [2.05, 4.69) is 15.2 Å².